The number of carboxylic acid groups (broad SMARTS) is 1. The summed E-state index contributed by atoms with van der Waals surface area (Å²) < 4.78 is 12.9. The fourth-order valence-corrected chi connectivity index (χ4v) is 1.83. The molecule has 1 aromatic carbocycles. The molecule has 0 aliphatic rings. The molecular formula is C15H20FNO3. The number of hydrogen-bond donors (Lipinski definition) is 2. The van der Waals surface area contributed by atoms with Gasteiger partial charge < -0.3 is 10.4 Å². The summed E-state index contributed by atoms with van der Waals surface area (Å²) in [7, 11) is 0. The smallest absolute Gasteiger partial charge is 0.303 e. The molecule has 1 rings (SSSR count). The van der Waals surface area contributed by atoms with Crippen LogP contribution in [0.4, 0.5) is 4.39 Å². The lowest BCUT2D eigenvalue weighted by Gasteiger charge is -2.21. The summed E-state index contributed by atoms with van der Waals surface area (Å²) in [6.45, 7) is 3.92. The van der Waals surface area contributed by atoms with E-state index in [4.69, 9.17) is 5.11 Å². The van der Waals surface area contributed by atoms with E-state index in [9.17, 15) is 14.0 Å². The number of carbonyl (C=O) groups excluding carboxylic acids is 1. The van der Waals surface area contributed by atoms with E-state index in [0.29, 0.717) is 5.56 Å². The summed E-state index contributed by atoms with van der Waals surface area (Å²) in [6.07, 6.45) is 0.969. The maximum absolute atomic E-state index is 12.9. The molecule has 20 heavy (non-hydrogen) atoms. The maximum atomic E-state index is 12.9. The van der Waals surface area contributed by atoms with Crippen molar-refractivity contribution in [1.82, 2.24) is 5.32 Å². The highest BCUT2D eigenvalue weighted by Crippen LogP contribution is 2.11. The monoisotopic (exact) mass is 281 g/mol. The van der Waals surface area contributed by atoms with Crippen LogP contribution in [-0.4, -0.2) is 28.9 Å². The molecule has 2 unspecified atom stereocenters. The zero-order chi connectivity index (χ0) is 15.1. The van der Waals surface area contributed by atoms with Crippen LogP contribution < -0.4 is 5.32 Å². The second kappa shape index (κ2) is 7.75. The van der Waals surface area contributed by atoms with Gasteiger partial charge in [0.2, 0.25) is 0 Å². The zero-order valence-corrected chi connectivity index (χ0v) is 11.7. The van der Waals surface area contributed by atoms with Crippen LogP contribution in [0.25, 0.3) is 0 Å². The number of carboxylic acids is 1. The SMILES string of the molecule is CCC(C)NC(CCC(=O)O)C(=O)c1ccc(F)cc1. The number of Topliss-reactive ketones (excluding diaryl/α,β-unsaturated/α-hetero) is 1. The normalized spacial score (nSPS) is 13.8. The van der Waals surface area contributed by atoms with Gasteiger partial charge in [0.25, 0.3) is 0 Å². The Morgan fingerprint density at radius 1 is 1.30 bits per heavy atom. The first-order valence-corrected chi connectivity index (χ1v) is 6.71. The molecule has 0 aliphatic heterocycles. The van der Waals surface area contributed by atoms with Crippen molar-refractivity contribution in [3.63, 3.8) is 0 Å². The zero-order valence-electron chi connectivity index (χ0n) is 11.7. The van der Waals surface area contributed by atoms with Crippen LogP contribution in [0.2, 0.25) is 0 Å². The number of benzene rings is 1. The van der Waals surface area contributed by atoms with Crippen LogP contribution in [0.3, 0.4) is 0 Å². The Kier molecular flexibility index (Phi) is 6.31. The second-order valence-corrected chi connectivity index (χ2v) is 4.83. The van der Waals surface area contributed by atoms with Crippen molar-refractivity contribution in [2.24, 2.45) is 0 Å². The third-order valence-corrected chi connectivity index (χ3v) is 3.19. The number of nitrogens with one attached hydrogen (secondary N) is 1. The summed E-state index contributed by atoms with van der Waals surface area (Å²) in [5, 5.41) is 11.9. The van der Waals surface area contributed by atoms with Gasteiger partial charge in [0, 0.05) is 18.0 Å². The molecule has 0 bridgehead atoms. The highest BCUT2D eigenvalue weighted by atomic mass is 19.1. The van der Waals surface area contributed by atoms with Crippen molar-refractivity contribution in [3.8, 4) is 0 Å². The van der Waals surface area contributed by atoms with Crippen LogP contribution in [0, 0.1) is 5.82 Å². The van der Waals surface area contributed by atoms with Crippen molar-refractivity contribution >= 4 is 11.8 Å². The molecule has 0 amide bonds. The molecule has 1 aromatic rings. The average Bonchev–Trinajstić information content (AvgIpc) is 2.43. The first kappa shape index (κ1) is 16.3. The van der Waals surface area contributed by atoms with Crippen molar-refractivity contribution in [1.29, 1.82) is 0 Å². The van der Waals surface area contributed by atoms with Crippen LogP contribution in [0.15, 0.2) is 24.3 Å². The number of aliphatic carboxylic acids is 1. The predicted octanol–water partition coefficient (Wildman–Crippen LogP) is 2.63. The third-order valence-electron chi connectivity index (χ3n) is 3.19. The van der Waals surface area contributed by atoms with Gasteiger partial charge in [-0.25, -0.2) is 4.39 Å². The van der Waals surface area contributed by atoms with Gasteiger partial charge in [-0.1, -0.05) is 6.92 Å². The van der Waals surface area contributed by atoms with Gasteiger partial charge in [-0.3, -0.25) is 9.59 Å². The number of rotatable bonds is 8. The lowest BCUT2D eigenvalue weighted by Crippen LogP contribution is -2.42. The van der Waals surface area contributed by atoms with E-state index in [1.807, 2.05) is 13.8 Å². The van der Waals surface area contributed by atoms with Crippen molar-refractivity contribution in [2.75, 3.05) is 0 Å². The Bertz CT molecular complexity index is 459. The molecule has 0 saturated heterocycles. The topological polar surface area (TPSA) is 66.4 Å². The van der Waals surface area contributed by atoms with Gasteiger partial charge in [-0.05, 0) is 44.0 Å². The lowest BCUT2D eigenvalue weighted by atomic mass is 9.99. The van der Waals surface area contributed by atoms with Crippen molar-refractivity contribution in [3.05, 3.63) is 35.6 Å². The fraction of sp³-hybridized carbons (Fsp3) is 0.467. The first-order valence-electron chi connectivity index (χ1n) is 6.71. The Labute approximate surface area is 118 Å². The summed E-state index contributed by atoms with van der Waals surface area (Å²) >= 11 is 0. The molecule has 4 nitrogen and oxygen atoms in total. The van der Waals surface area contributed by atoms with Gasteiger partial charge in [0.15, 0.2) is 5.78 Å². The van der Waals surface area contributed by atoms with Crippen LogP contribution in [-0.2, 0) is 4.79 Å². The van der Waals surface area contributed by atoms with E-state index in [2.05, 4.69) is 5.32 Å². The summed E-state index contributed by atoms with van der Waals surface area (Å²) in [5.41, 5.74) is 0.387. The molecule has 5 heteroatoms. The number of hydrogen-bond acceptors (Lipinski definition) is 3. The van der Waals surface area contributed by atoms with E-state index in [1.54, 1.807) is 0 Å². The Morgan fingerprint density at radius 2 is 1.90 bits per heavy atom. The van der Waals surface area contributed by atoms with Gasteiger partial charge in [-0.2, -0.15) is 0 Å². The van der Waals surface area contributed by atoms with E-state index in [-0.39, 0.29) is 24.7 Å². The summed E-state index contributed by atoms with van der Waals surface area (Å²) in [6, 6.07) is 4.84. The largest absolute Gasteiger partial charge is 0.481 e. The highest BCUT2D eigenvalue weighted by molar-refractivity contribution is 6.00. The highest BCUT2D eigenvalue weighted by Gasteiger charge is 2.22. The summed E-state index contributed by atoms with van der Waals surface area (Å²) in [5.74, 6) is -1.54. The van der Waals surface area contributed by atoms with Gasteiger partial charge in [0.1, 0.15) is 5.82 Å². The van der Waals surface area contributed by atoms with Gasteiger partial charge >= 0.3 is 5.97 Å². The quantitative estimate of drug-likeness (QED) is 0.719. The minimum atomic E-state index is -0.937. The molecule has 0 spiro atoms. The average molecular weight is 281 g/mol. The fourth-order valence-electron chi connectivity index (χ4n) is 1.83. The van der Waals surface area contributed by atoms with Crippen LogP contribution >= 0.6 is 0 Å². The Morgan fingerprint density at radius 3 is 2.40 bits per heavy atom. The van der Waals surface area contributed by atoms with Crippen LogP contribution in [0.1, 0.15) is 43.5 Å². The molecule has 0 aromatic heterocycles. The number of ketones is 1. The van der Waals surface area contributed by atoms with Crippen molar-refractivity contribution < 1.29 is 19.1 Å². The summed E-state index contributed by atoms with van der Waals surface area (Å²) in [4.78, 5) is 23.0. The van der Waals surface area contributed by atoms with Crippen molar-refractivity contribution in [2.45, 2.75) is 45.2 Å². The molecular weight excluding hydrogens is 261 g/mol. The van der Waals surface area contributed by atoms with E-state index < -0.39 is 17.8 Å². The maximum Gasteiger partial charge on any atom is 0.303 e. The minimum absolute atomic E-state index is 0.0823. The lowest BCUT2D eigenvalue weighted by molar-refractivity contribution is -0.137. The first-order chi connectivity index (χ1) is 9.43. The minimum Gasteiger partial charge on any atom is -0.481 e. The van der Waals surface area contributed by atoms with E-state index in [0.717, 1.165) is 6.42 Å². The molecule has 110 valence electrons. The molecule has 0 fully saturated rings. The number of carbonyl (C=O) groups is 2. The Hall–Kier alpha value is -1.75. The molecule has 0 radical (unpaired) electrons. The molecule has 2 N–H and O–H groups in total. The predicted molar refractivity (Wildman–Crippen MR) is 74.3 cm³/mol. The molecule has 2 atom stereocenters. The van der Waals surface area contributed by atoms with E-state index in [1.165, 1.54) is 24.3 Å². The van der Waals surface area contributed by atoms with E-state index >= 15 is 0 Å². The Balaban J connectivity index is 2.81. The third kappa shape index (κ3) is 5.09. The second-order valence-electron chi connectivity index (χ2n) is 4.83. The standard InChI is InChI=1S/C15H20FNO3/c1-3-10(2)17-13(8-9-14(18)19)15(20)11-4-6-12(16)7-5-11/h4-7,10,13,17H,3,8-9H2,1-2H3,(H,18,19). The number of halogens is 1. The van der Waals surface area contributed by atoms with Crippen LogP contribution in [0.5, 0.6) is 0 Å². The van der Waals surface area contributed by atoms with Gasteiger partial charge in [0.05, 0.1) is 6.04 Å². The molecule has 0 saturated carbocycles. The van der Waals surface area contributed by atoms with Gasteiger partial charge in [-0.15, -0.1) is 0 Å². The molecule has 0 aliphatic carbocycles. The molecule has 0 heterocycles.